The van der Waals surface area contributed by atoms with Crippen LogP contribution in [0.4, 0.5) is 0 Å². The predicted molar refractivity (Wildman–Crippen MR) is 113 cm³/mol. The van der Waals surface area contributed by atoms with Crippen molar-refractivity contribution in [2.24, 2.45) is 0 Å². The van der Waals surface area contributed by atoms with Crippen molar-refractivity contribution in [2.75, 3.05) is 13.2 Å². The number of nitrogens with one attached hydrogen (secondary N) is 1. The summed E-state index contributed by atoms with van der Waals surface area (Å²) in [6, 6.07) is 19.2. The number of hydrogen-bond acceptors (Lipinski definition) is 3. The van der Waals surface area contributed by atoms with Crippen molar-refractivity contribution in [3.63, 3.8) is 0 Å². The Bertz CT molecular complexity index is 773. The minimum atomic E-state index is -0.542. The van der Waals surface area contributed by atoms with Crippen molar-refractivity contribution in [3.05, 3.63) is 71.8 Å². The molecular formula is C24H30N2O3. The molecule has 0 saturated carbocycles. The average molecular weight is 395 g/mol. The van der Waals surface area contributed by atoms with Gasteiger partial charge in [-0.3, -0.25) is 9.59 Å². The minimum absolute atomic E-state index is 0.0162. The van der Waals surface area contributed by atoms with Gasteiger partial charge in [0.15, 0.2) is 0 Å². The van der Waals surface area contributed by atoms with Crippen LogP contribution in [0.3, 0.4) is 0 Å². The smallest absolute Gasteiger partial charge is 0.242 e. The number of rotatable bonds is 9. The van der Waals surface area contributed by atoms with E-state index >= 15 is 0 Å². The van der Waals surface area contributed by atoms with Gasteiger partial charge in [-0.2, -0.15) is 0 Å². The molecule has 1 fully saturated rings. The van der Waals surface area contributed by atoms with Crippen LogP contribution in [-0.4, -0.2) is 42.0 Å². The first-order valence-electron chi connectivity index (χ1n) is 10.4. The Balaban J connectivity index is 1.63. The normalized spacial score (nSPS) is 16.9. The van der Waals surface area contributed by atoms with Crippen molar-refractivity contribution in [1.29, 1.82) is 0 Å². The lowest BCUT2D eigenvalue weighted by Crippen LogP contribution is -2.49. The molecule has 1 aliphatic heterocycles. The molecule has 1 N–H and O–H groups in total. The topological polar surface area (TPSA) is 58.6 Å². The molecule has 2 aromatic carbocycles. The highest BCUT2D eigenvalue weighted by Gasteiger charge is 2.27. The number of benzene rings is 2. The number of nitrogens with zero attached hydrogens (tertiary/aromatic N) is 1. The zero-order valence-corrected chi connectivity index (χ0v) is 17.0. The number of carbonyl (C=O) groups excluding carboxylic acids is 2. The molecule has 5 nitrogen and oxygen atoms in total. The maximum Gasteiger partial charge on any atom is 0.242 e. The second kappa shape index (κ2) is 10.8. The van der Waals surface area contributed by atoms with Crippen LogP contribution in [0, 0.1) is 0 Å². The lowest BCUT2D eigenvalue weighted by Gasteiger charge is -2.29. The Morgan fingerprint density at radius 2 is 1.72 bits per heavy atom. The van der Waals surface area contributed by atoms with Crippen LogP contribution in [0.5, 0.6) is 0 Å². The Kier molecular flexibility index (Phi) is 7.82. The molecule has 0 unspecified atom stereocenters. The molecule has 0 aromatic heterocycles. The minimum Gasteiger partial charge on any atom is -0.376 e. The van der Waals surface area contributed by atoms with Crippen molar-refractivity contribution >= 4 is 11.8 Å². The molecule has 1 saturated heterocycles. The van der Waals surface area contributed by atoms with Gasteiger partial charge in [-0.05, 0) is 37.3 Å². The standard InChI is InChI=1S/C24H30N2O3/c1-19(24(28)25-17-22-13-8-16-29-22)26(18-21-11-6-3-7-12-21)23(27)15-14-20-9-4-2-5-10-20/h2-7,9-12,19,22H,8,13-18H2,1H3,(H,25,28)/t19-,22-/m0/s1. The molecular weight excluding hydrogens is 364 g/mol. The second-order valence-electron chi connectivity index (χ2n) is 7.55. The summed E-state index contributed by atoms with van der Waals surface area (Å²) in [7, 11) is 0. The molecule has 29 heavy (non-hydrogen) atoms. The first-order valence-corrected chi connectivity index (χ1v) is 10.4. The number of amides is 2. The highest BCUT2D eigenvalue weighted by Crippen LogP contribution is 2.14. The first-order chi connectivity index (χ1) is 14.1. The lowest BCUT2D eigenvalue weighted by atomic mass is 10.1. The van der Waals surface area contributed by atoms with E-state index in [0.29, 0.717) is 25.9 Å². The second-order valence-corrected chi connectivity index (χ2v) is 7.55. The van der Waals surface area contributed by atoms with Crippen molar-refractivity contribution < 1.29 is 14.3 Å². The zero-order valence-electron chi connectivity index (χ0n) is 17.0. The highest BCUT2D eigenvalue weighted by molar-refractivity contribution is 5.87. The van der Waals surface area contributed by atoms with Gasteiger partial charge in [0.1, 0.15) is 6.04 Å². The van der Waals surface area contributed by atoms with Crippen LogP contribution in [0.25, 0.3) is 0 Å². The fourth-order valence-electron chi connectivity index (χ4n) is 3.57. The third-order valence-electron chi connectivity index (χ3n) is 5.36. The monoisotopic (exact) mass is 394 g/mol. The number of aryl methyl sites for hydroxylation is 1. The van der Waals surface area contributed by atoms with Crippen molar-refractivity contribution in [3.8, 4) is 0 Å². The molecule has 0 spiro atoms. The molecule has 1 aliphatic rings. The maximum absolute atomic E-state index is 13.0. The van der Waals surface area contributed by atoms with Gasteiger partial charge in [0.05, 0.1) is 6.10 Å². The summed E-state index contributed by atoms with van der Waals surface area (Å²) in [5.41, 5.74) is 2.13. The van der Waals surface area contributed by atoms with Gasteiger partial charge in [0.25, 0.3) is 0 Å². The van der Waals surface area contributed by atoms with Gasteiger partial charge in [0.2, 0.25) is 11.8 Å². The van der Waals surface area contributed by atoms with Crippen LogP contribution in [-0.2, 0) is 27.3 Å². The van der Waals surface area contributed by atoms with Crippen LogP contribution in [0.1, 0.15) is 37.3 Å². The highest BCUT2D eigenvalue weighted by atomic mass is 16.5. The maximum atomic E-state index is 13.0. The molecule has 2 amide bonds. The van der Waals surface area contributed by atoms with Gasteiger partial charge in [-0.15, -0.1) is 0 Å². The van der Waals surface area contributed by atoms with E-state index in [-0.39, 0.29) is 17.9 Å². The zero-order chi connectivity index (χ0) is 20.5. The molecule has 154 valence electrons. The van der Waals surface area contributed by atoms with Gasteiger partial charge >= 0.3 is 0 Å². The fraction of sp³-hybridized carbons (Fsp3) is 0.417. The van der Waals surface area contributed by atoms with Crippen LogP contribution in [0.15, 0.2) is 60.7 Å². The van der Waals surface area contributed by atoms with Crippen LogP contribution < -0.4 is 5.32 Å². The number of carbonyl (C=O) groups is 2. The summed E-state index contributed by atoms with van der Waals surface area (Å²) in [6.07, 6.45) is 3.13. The molecule has 2 aromatic rings. The van der Waals surface area contributed by atoms with Crippen LogP contribution in [0.2, 0.25) is 0 Å². The van der Waals surface area contributed by atoms with E-state index in [4.69, 9.17) is 4.74 Å². The lowest BCUT2D eigenvalue weighted by molar-refractivity contribution is -0.140. The summed E-state index contributed by atoms with van der Waals surface area (Å²) in [4.78, 5) is 27.5. The Labute approximate surface area is 173 Å². The van der Waals surface area contributed by atoms with Gasteiger partial charge in [-0.1, -0.05) is 60.7 Å². The summed E-state index contributed by atoms with van der Waals surface area (Å²) in [6.45, 7) is 3.48. The van der Waals surface area contributed by atoms with E-state index in [2.05, 4.69) is 5.32 Å². The summed E-state index contributed by atoms with van der Waals surface area (Å²) >= 11 is 0. The van der Waals surface area contributed by atoms with E-state index < -0.39 is 6.04 Å². The first kappa shape index (κ1) is 21.1. The van der Waals surface area contributed by atoms with E-state index in [9.17, 15) is 9.59 Å². The Morgan fingerprint density at radius 3 is 2.34 bits per heavy atom. The van der Waals surface area contributed by atoms with E-state index in [1.54, 1.807) is 11.8 Å². The number of hydrogen-bond donors (Lipinski definition) is 1. The summed E-state index contributed by atoms with van der Waals surface area (Å²) in [5, 5.41) is 2.96. The van der Waals surface area contributed by atoms with Gasteiger partial charge in [-0.25, -0.2) is 0 Å². The molecule has 0 aliphatic carbocycles. The van der Waals surface area contributed by atoms with Crippen LogP contribution >= 0.6 is 0 Å². The molecule has 2 atom stereocenters. The average Bonchev–Trinajstić information content (AvgIpc) is 3.29. The third-order valence-corrected chi connectivity index (χ3v) is 5.36. The summed E-state index contributed by atoms with van der Waals surface area (Å²) < 4.78 is 5.58. The Morgan fingerprint density at radius 1 is 1.07 bits per heavy atom. The number of ether oxygens (including phenoxy) is 1. The van der Waals surface area contributed by atoms with Gasteiger partial charge in [0, 0.05) is 26.1 Å². The molecule has 1 heterocycles. The largest absolute Gasteiger partial charge is 0.376 e. The third kappa shape index (κ3) is 6.43. The van der Waals surface area contributed by atoms with E-state index in [1.165, 1.54) is 0 Å². The molecule has 3 rings (SSSR count). The summed E-state index contributed by atoms with van der Waals surface area (Å²) in [5.74, 6) is -0.151. The molecule has 5 heteroatoms. The fourth-order valence-corrected chi connectivity index (χ4v) is 3.57. The quantitative estimate of drug-likeness (QED) is 0.710. The van der Waals surface area contributed by atoms with E-state index in [0.717, 1.165) is 30.6 Å². The Hall–Kier alpha value is -2.66. The van der Waals surface area contributed by atoms with Crippen molar-refractivity contribution in [1.82, 2.24) is 10.2 Å². The SMILES string of the molecule is C[C@@H](C(=O)NC[C@@H]1CCCO1)N(Cc1ccccc1)C(=O)CCc1ccccc1. The van der Waals surface area contributed by atoms with E-state index in [1.807, 2.05) is 60.7 Å². The van der Waals surface area contributed by atoms with Gasteiger partial charge < -0.3 is 15.0 Å². The predicted octanol–water partition coefficient (Wildman–Crippen LogP) is 3.33. The molecule has 0 radical (unpaired) electrons. The van der Waals surface area contributed by atoms with Crippen molar-refractivity contribution in [2.45, 2.75) is 51.3 Å². The molecule has 0 bridgehead atoms.